The van der Waals surface area contributed by atoms with Crippen LogP contribution in [0, 0.1) is 39.4 Å². The van der Waals surface area contributed by atoms with Gasteiger partial charge in [-0.3, -0.25) is 0 Å². The number of methoxy groups -OCH3 is 1. The number of aliphatic hydroxyl groups is 1. The maximum atomic E-state index is 14.7. The summed E-state index contributed by atoms with van der Waals surface area (Å²) in [6, 6.07) is 7.07. The molecule has 0 amide bonds. The summed E-state index contributed by atoms with van der Waals surface area (Å²) in [4.78, 5) is 13.7. The SMILES string of the molecule is CO[C@@](C(=O)O[C@H]1CC[C@]2(C)C3=CC[C@]4(C)[C@@H]([C@H]5CC[C@H](C(C)(C)O)OC5)CC[C@@]4(C)C3=CC[C@H]2C1(C)C)(c1ccccc1)C(F)(F)F. The monoisotopic (exact) mass is 672 g/mol. The van der Waals surface area contributed by atoms with Crippen LogP contribution >= 0.6 is 0 Å². The molecule has 1 aliphatic heterocycles. The molecule has 2 saturated carbocycles. The summed E-state index contributed by atoms with van der Waals surface area (Å²) in [7, 11) is 0.920. The first-order valence-electron chi connectivity index (χ1n) is 17.9. The quantitative estimate of drug-likeness (QED) is 0.306. The molecule has 0 bridgehead atoms. The Morgan fingerprint density at radius 3 is 2.21 bits per heavy atom. The number of hydrogen-bond acceptors (Lipinski definition) is 5. The van der Waals surface area contributed by atoms with Gasteiger partial charge in [-0.25, -0.2) is 4.79 Å². The fourth-order valence-electron chi connectivity index (χ4n) is 11.2. The Morgan fingerprint density at radius 1 is 0.938 bits per heavy atom. The topological polar surface area (TPSA) is 65.0 Å². The molecule has 0 spiro atoms. The van der Waals surface area contributed by atoms with Crippen molar-refractivity contribution < 1.29 is 37.3 Å². The highest BCUT2D eigenvalue weighted by Gasteiger charge is 2.67. The van der Waals surface area contributed by atoms with Crippen LogP contribution in [0.4, 0.5) is 13.2 Å². The fraction of sp³-hybridized carbons (Fsp3) is 0.725. The van der Waals surface area contributed by atoms with Gasteiger partial charge < -0.3 is 19.3 Å². The molecule has 5 aliphatic rings. The standard InChI is InChI=1S/C40H55F3O5/c1-34(2)30-16-15-29-28(19-23-37(6)27(18-22-38(29,37)7)25-14-17-32(47-24-25)35(3,4)45)36(30,5)21-20-31(34)48-33(44)39(46-8,40(41,42)43)26-12-10-9-11-13-26/h9-13,15,19,25,27,30-32,45H,14,16-18,20-24H2,1-8H3/t25-,27+,30-,31-,32+,36+,37+,38-,39+/m0/s1. The second-order valence-corrected chi connectivity index (χ2v) is 17.4. The van der Waals surface area contributed by atoms with Gasteiger partial charge in [0.05, 0.1) is 18.3 Å². The van der Waals surface area contributed by atoms with Crippen molar-refractivity contribution in [1.82, 2.24) is 0 Å². The summed E-state index contributed by atoms with van der Waals surface area (Å²) in [5, 5.41) is 10.5. The Hall–Kier alpha value is -2.16. The number of allylic oxidation sites excluding steroid dienone is 4. The molecule has 1 aromatic rings. The smallest absolute Gasteiger partial charge is 0.432 e. The molecule has 6 rings (SSSR count). The molecule has 9 atom stereocenters. The first-order valence-corrected chi connectivity index (χ1v) is 17.9. The van der Waals surface area contributed by atoms with Gasteiger partial charge >= 0.3 is 12.1 Å². The Bertz CT molecular complexity index is 1450. The predicted octanol–water partition coefficient (Wildman–Crippen LogP) is 9.09. The molecule has 1 aromatic carbocycles. The normalized spacial score (nSPS) is 39.2. The van der Waals surface area contributed by atoms with Crippen molar-refractivity contribution in [3.63, 3.8) is 0 Å². The van der Waals surface area contributed by atoms with E-state index < -0.39 is 34.9 Å². The van der Waals surface area contributed by atoms with Crippen molar-refractivity contribution >= 4 is 5.97 Å². The molecular weight excluding hydrogens is 617 g/mol. The highest BCUT2D eigenvalue weighted by atomic mass is 19.4. The van der Waals surface area contributed by atoms with Crippen molar-refractivity contribution in [3.05, 3.63) is 59.2 Å². The highest BCUT2D eigenvalue weighted by Crippen LogP contribution is 2.72. The van der Waals surface area contributed by atoms with Gasteiger partial charge in [-0.1, -0.05) is 77.1 Å². The van der Waals surface area contributed by atoms with Gasteiger partial charge in [0.1, 0.15) is 6.10 Å². The van der Waals surface area contributed by atoms with Crippen molar-refractivity contribution in [3.8, 4) is 0 Å². The molecule has 1 saturated heterocycles. The number of carbonyl (C=O) groups excluding carboxylic acids is 1. The van der Waals surface area contributed by atoms with Crippen molar-refractivity contribution in [2.45, 2.75) is 129 Å². The van der Waals surface area contributed by atoms with Gasteiger partial charge in [0.2, 0.25) is 0 Å². The summed E-state index contributed by atoms with van der Waals surface area (Å²) in [5.74, 6) is -0.328. The molecule has 1 heterocycles. The number of hydrogen-bond donors (Lipinski definition) is 1. The third-order valence-corrected chi connectivity index (χ3v) is 14.3. The van der Waals surface area contributed by atoms with Gasteiger partial charge in [-0.05, 0) is 110 Å². The molecule has 1 N–H and O–H groups in total. The Labute approximate surface area is 284 Å². The first-order chi connectivity index (χ1) is 22.3. The zero-order chi connectivity index (χ0) is 35.1. The number of halogens is 3. The van der Waals surface area contributed by atoms with Crippen molar-refractivity contribution in [1.29, 1.82) is 0 Å². The number of carbonyl (C=O) groups is 1. The molecule has 5 nitrogen and oxygen atoms in total. The zero-order valence-corrected chi connectivity index (χ0v) is 30.0. The molecule has 0 aromatic heterocycles. The van der Waals surface area contributed by atoms with Crippen LogP contribution in [0.1, 0.15) is 105 Å². The number of benzene rings is 1. The predicted molar refractivity (Wildman–Crippen MR) is 179 cm³/mol. The first kappa shape index (κ1) is 35.7. The van der Waals surface area contributed by atoms with E-state index in [0.717, 1.165) is 52.1 Å². The van der Waals surface area contributed by atoms with Gasteiger partial charge in [-0.15, -0.1) is 0 Å². The highest BCUT2D eigenvalue weighted by molar-refractivity contribution is 5.83. The molecule has 266 valence electrons. The summed E-state index contributed by atoms with van der Waals surface area (Å²) >= 11 is 0. The average Bonchev–Trinajstić information content (AvgIpc) is 3.30. The van der Waals surface area contributed by atoms with Crippen LogP contribution in [0.25, 0.3) is 0 Å². The van der Waals surface area contributed by atoms with E-state index in [1.54, 1.807) is 6.07 Å². The van der Waals surface area contributed by atoms with Crippen LogP contribution in [-0.2, 0) is 24.6 Å². The lowest BCUT2D eigenvalue weighted by molar-refractivity contribution is -0.281. The summed E-state index contributed by atoms with van der Waals surface area (Å²) in [6.07, 6.45) is 6.25. The van der Waals surface area contributed by atoms with Crippen LogP contribution < -0.4 is 0 Å². The lowest BCUT2D eigenvalue weighted by Crippen LogP contribution is -2.58. The zero-order valence-electron chi connectivity index (χ0n) is 30.0. The minimum Gasteiger partial charge on any atom is -0.459 e. The maximum absolute atomic E-state index is 14.7. The summed E-state index contributed by atoms with van der Waals surface area (Å²) < 4.78 is 61.4. The Morgan fingerprint density at radius 2 is 1.62 bits per heavy atom. The van der Waals surface area contributed by atoms with E-state index >= 15 is 0 Å². The second-order valence-electron chi connectivity index (χ2n) is 17.4. The van der Waals surface area contributed by atoms with E-state index in [4.69, 9.17) is 14.2 Å². The molecule has 0 radical (unpaired) electrons. The summed E-state index contributed by atoms with van der Waals surface area (Å²) in [5.41, 5.74) is -2.15. The van der Waals surface area contributed by atoms with Crippen LogP contribution in [0.5, 0.6) is 0 Å². The lowest BCUT2D eigenvalue weighted by atomic mass is 9.44. The van der Waals surface area contributed by atoms with E-state index in [-0.39, 0.29) is 33.8 Å². The number of ether oxygens (including phenoxy) is 3. The van der Waals surface area contributed by atoms with Crippen LogP contribution in [0.3, 0.4) is 0 Å². The molecular formula is C40H55F3O5. The fourth-order valence-corrected chi connectivity index (χ4v) is 11.2. The van der Waals surface area contributed by atoms with Gasteiger partial charge in [0.15, 0.2) is 0 Å². The molecule has 0 unspecified atom stereocenters. The van der Waals surface area contributed by atoms with E-state index in [0.29, 0.717) is 24.9 Å². The Kier molecular flexibility index (Phi) is 8.69. The van der Waals surface area contributed by atoms with Gasteiger partial charge in [0, 0.05) is 18.1 Å². The van der Waals surface area contributed by atoms with Gasteiger partial charge in [-0.2, -0.15) is 13.2 Å². The number of esters is 1. The third-order valence-electron chi connectivity index (χ3n) is 14.3. The van der Waals surface area contributed by atoms with E-state index in [2.05, 4.69) is 46.8 Å². The number of alkyl halides is 3. The number of fused-ring (bicyclic) bond motifs is 5. The van der Waals surface area contributed by atoms with E-state index in [9.17, 15) is 23.1 Å². The minimum absolute atomic E-state index is 0.0107. The van der Waals surface area contributed by atoms with E-state index in [1.807, 2.05) is 13.8 Å². The minimum atomic E-state index is -5.01. The molecule has 4 aliphatic carbocycles. The number of rotatable bonds is 6. The largest absolute Gasteiger partial charge is 0.459 e. The van der Waals surface area contributed by atoms with Crippen LogP contribution in [0.15, 0.2) is 53.6 Å². The maximum Gasteiger partial charge on any atom is 0.432 e. The van der Waals surface area contributed by atoms with Crippen LogP contribution in [0.2, 0.25) is 0 Å². The molecule has 3 fully saturated rings. The summed E-state index contributed by atoms with van der Waals surface area (Å²) in [6.45, 7) is 15.7. The molecule has 48 heavy (non-hydrogen) atoms. The average molecular weight is 673 g/mol. The van der Waals surface area contributed by atoms with Crippen LogP contribution in [-0.4, -0.2) is 48.8 Å². The van der Waals surface area contributed by atoms with Crippen molar-refractivity contribution in [2.75, 3.05) is 13.7 Å². The van der Waals surface area contributed by atoms with Crippen molar-refractivity contribution in [2.24, 2.45) is 39.4 Å². The molecule has 8 heteroatoms. The lowest BCUT2D eigenvalue weighted by Gasteiger charge is -2.61. The Balaban J connectivity index is 1.25. The van der Waals surface area contributed by atoms with E-state index in [1.165, 1.54) is 35.4 Å². The second kappa shape index (κ2) is 11.7. The third kappa shape index (κ3) is 5.08. The van der Waals surface area contributed by atoms with Gasteiger partial charge in [0.25, 0.3) is 5.60 Å².